The number of nitro groups is 1. The summed E-state index contributed by atoms with van der Waals surface area (Å²) in [5, 5.41) is 23.2. The topological polar surface area (TPSA) is 123 Å². The van der Waals surface area contributed by atoms with Gasteiger partial charge < -0.3 is 0 Å². The van der Waals surface area contributed by atoms with Gasteiger partial charge in [0.05, 0.1) is 16.9 Å². The fourth-order valence-electron chi connectivity index (χ4n) is 1.88. The second kappa shape index (κ2) is 8.96. The molecule has 27 heavy (non-hydrogen) atoms. The van der Waals surface area contributed by atoms with Gasteiger partial charge >= 0.3 is 0 Å². The predicted octanol–water partition coefficient (Wildman–Crippen LogP) is 2.75. The van der Waals surface area contributed by atoms with E-state index in [1.165, 1.54) is 41.4 Å². The summed E-state index contributed by atoms with van der Waals surface area (Å²) in [5.74, 6) is -0.165. The van der Waals surface area contributed by atoms with E-state index in [0.717, 1.165) is 5.69 Å². The number of nitrogens with one attached hydrogen (secondary N) is 1. The van der Waals surface area contributed by atoms with E-state index in [-0.39, 0.29) is 17.3 Å². The van der Waals surface area contributed by atoms with Gasteiger partial charge in [-0.2, -0.15) is 5.10 Å². The van der Waals surface area contributed by atoms with Crippen molar-refractivity contribution >= 4 is 40.9 Å². The highest BCUT2D eigenvalue weighted by molar-refractivity contribution is 8.01. The molecule has 2 heterocycles. The highest BCUT2D eigenvalue weighted by Gasteiger charge is 2.10. The molecule has 1 amide bonds. The summed E-state index contributed by atoms with van der Waals surface area (Å²) in [7, 11) is 0. The maximum absolute atomic E-state index is 11.8. The van der Waals surface area contributed by atoms with Crippen molar-refractivity contribution in [3.63, 3.8) is 0 Å². The van der Waals surface area contributed by atoms with Crippen molar-refractivity contribution in [2.75, 3.05) is 5.75 Å². The van der Waals surface area contributed by atoms with Gasteiger partial charge in [0.15, 0.2) is 9.35 Å². The summed E-state index contributed by atoms with van der Waals surface area (Å²) in [6, 6.07) is 11.4. The summed E-state index contributed by atoms with van der Waals surface area (Å²) in [4.78, 5) is 26.1. The van der Waals surface area contributed by atoms with E-state index >= 15 is 0 Å². The first-order valence-corrected chi connectivity index (χ1v) is 9.36. The van der Waals surface area contributed by atoms with Crippen LogP contribution in [-0.4, -0.2) is 38.0 Å². The molecule has 0 atom stereocenters. The molecule has 0 aliphatic carbocycles. The predicted molar refractivity (Wildman–Crippen MR) is 103 cm³/mol. The van der Waals surface area contributed by atoms with Gasteiger partial charge in [-0.05, 0) is 29.8 Å². The first-order chi connectivity index (χ1) is 13.1. The number of nitrogens with zero attached hydrogens (tertiary/aromatic N) is 5. The number of carbonyl (C=O) groups excluding carboxylic acids is 1. The fourth-order valence-corrected chi connectivity index (χ4v) is 3.50. The smallest absolute Gasteiger partial charge is 0.269 e. The number of nitro benzene ring substituents is 1. The number of thioether (sulfide) groups is 1. The van der Waals surface area contributed by atoms with Gasteiger partial charge in [0, 0.05) is 18.3 Å². The van der Waals surface area contributed by atoms with Crippen LogP contribution in [0.4, 0.5) is 5.69 Å². The number of aromatic nitrogens is 3. The van der Waals surface area contributed by atoms with Crippen LogP contribution >= 0.6 is 23.1 Å². The van der Waals surface area contributed by atoms with Crippen molar-refractivity contribution in [2.24, 2.45) is 5.10 Å². The van der Waals surface area contributed by atoms with Crippen molar-refractivity contribution in [3.8, 4) is 10.7 Å². The minimum absolute atomic E-state index is 0.00489. The van der Waals surface area contributed by atoms with Gasteiger partial charge in [-0.1, -0.05) is 29.2 Å². The summed E-state index contributed by atoms with van der Waals surface area (Å²) in [6.45, 7) is 0. The van der Waals surface area contributed by atoms with Crippen LogP contribution in [0.3, 0.4) is 0 Å². The fraction of sp³-hybridized carbons (Fsp3) is 0.0625. The Balaban J connectivity index is 1.47. The average molecular weight is 400 g/mol. The van der Waals surface area contributed by atoms with E-state index in [1.807, 2.05) is 18.2 Å². The average Bonchev–Trinajstić information content (AvgIpc) is 3.16. The molecule has 0 fully saturated rings. The number of rotatable bonds is 7. The van der Waals surface area contributed by atoms with E-state index in [0.29, 0.717) is 14.9 Å². The molecule has 3 aromatic rings. The van der Waals surface area contributed by atoms with Gasteiger partial charge in [-0.3, -0.25) is 19.9 Å². The van der Waals surface area contributed by atoms with Crippen LogP contribution in [0.25, 0.3) is 10.7 Å². The molecule has 0 radical (unpaired) electrons. The van der Waals surface area contributed by atoms with Crippen LogP contribution in [0, 0.1) is 10.1 Å². The van der Waals surface area contributed by atoms with Crippen LogP contribution in [-0.2, 0) is 4.79 Å². The lowest BCUT2D eigenvalue weighted by molar-refractivity contribution is -0.384. The summed E-state index contributed by atoms with van der Waals surface area (Å²) in [5.41, 5.74) is 3.76. The van der Waals surface area contributed by atoms with E-state index < -0.39 is 4.92 Å². The first-order valence-electron chi connectivity index (χ1n) is 7.56. The monoisotopic (exact) mass is 400 g/mol. The van der Waals surface area contributed by atoms with Gasteiger partial charge in [0.25, 0.3) is 11.6 Å². The Bertz CT molecular complexity index is 960. The second-order valence-corrected chi connectivity index (χ2v) is 7.22. The molecule has 136 valence electrons. The van der Waals surface area contributed by atoms with Crippen LogP contribution in [0.1, 0.15) is 5.56 Å². The van der Waals surface area contributed by atoms with Crippen molar-refractivity contribution in [1.82, 2.24) is 20.6 Å². The lowest BCUT2D eigenvalue weighted by Gasteiger charge is -1.97. The van der Waals surface area contributed by atoms with Gasteiger partial charge in [0.1, 0.15) is 5.69 Å². The summed E-state index contributed by atoms with van der Waals surface area (Å²) < 4.78 is 0.658. The lowest BCUT2D eigenvalue weighted by atomic mass is 10.2. The number of hydrogen-bond donors (Lipinski definition) is 1. The SMILES string of the molecule is O=C(CSc1nnc(-c2ccccn2)s1)NN=Cc1ccc([N+](=O)[O-])cc1. The molecule has 11 heteroatoms. The Morgan fingerprint density at radius 2 is 2.07 bits per heavy atom. The molecular weight excluding hydrogens is 388 g/mol. The highest BCUT2D eigenvalue weighted by atomic mass is 32.2. The third-order valence-corrected chi connectivity index (χ3v) is 5.20. The van der Waals surface area contributed by atoms with Crippen molar-refractivity contribution in [1.29, 1.82) is 0 Å². The van der Waals surface area contributed by atoms with Gasteiger partial charge in [0.2, 0.25) is 0 Å². The number of pyridine rings is 1. The number of amides is 1. The van der Waals surface area contributed by atoms with E-state index in [4.69, 9.17) is 0 Å². The first kappa shape index (κ1) is 18.6. The standard InChI is InChI=1S/C16H12N6O3S2/c23-14(19-18-9-11-4-6-12(7-5-11)22(24)25)10-26-16-21-20-15(27-16)13-3-1-2-8-17-13/h1-9H,10H2,(H,19,23). The molecule has 9 nitrogen and oxygen atoms in total. The zero-order valence-electron chi connectivity index (χ0n) is 13.7. The Morgan fingerprint density at radius 1 is 1.26 bits per heavy atom. The molecule has 0 saturated heterocycles. The molecule has 1 N–H and O–H groups in total. The minimum atomic E-state index is -0.480. The van der Waals surface area contributed by atoms with E-state index in [9.17, 15) is 14.9 Å². The Kier molecular flexibility index (Phi) is 6.18. The Morgan fingerprint density at radius 3 is 2.78 bits per heavy atom. The van der Waals surface area contributed by atoms with Crippen molar-refractivity contribution in [2.45, 2.75) is 4.34 Å². The van der Waals surface area contributed by atoms with Crippen LogP contribution in [0.5, 0.6) is 0 Å². The van der Waals surface area contributed by atoms with Crippen molar-refractivity contribution < 1.29 is 9.72 Å². The molecule has 0 bridgehead atoms. The zero-order valence-corrected chi connectivity index (χ0v) is 15.3. The molecule has 0 spiro atoms. The number of non-ortho nitro benzene ring substituents is 1. The van der Waals surface area contributed by atoms with Crippen LogP contribution < -0.4 is 5.43 Å². The molecular formula is C16H12N6O3S2. The number of hydrogen-bond acceptors (Lipinski definition) is 9. The van der Waals surface area contributed by atoms with Crippen LogP contribution in [0.15, 0.2) is 58.1 Å². The maximum Gasteiger partial charge on any atom is 0.269 e. The quantitative estimate of drug-likeness (QED) is 0.280. The van der Waals surface area contributed by atoms with Gasteiger partial charge in [-0.15, -0.1) is 10.2 Å². The molecule has 3 rings (SSSR count). The second-order valence-electron chi connectivity index (χ2n) is 5.02. The lowest BCUT2D eigenvalue weighted by Crippen LogP contribution is -2.19. The summed E-state index contributed by atoms with van der Waals surface area (Å²) in [6.07, 6.45) is 3.09. The molecule has 1 aromatic carbocycles. The zero-order chi connectivity index (χ0) is 19.1. The number of benzene rings is 1. The van der Waals surface area contributed by atoms with E-state index in [1.54, 1.807) is 18.3 Å². The highest BCUT2D eigenvalue weighted by Crippen LogP contribution is 2.27. The molecule has 2 aromatic heterocycles. The molecule has 0 saturated carbocycles. The maximum atomic E-state index is 11.8. The molecule has 0 aliphatic heterocycles. The number of carbonyl (C=O) groups is 1. The molecule has 0 aliphatic rings. The number of hydrazone groups is 1. The van der Waals surface area contributed by atoms with Crippen LogP contribution in [0.2, 0.25) is 0 Å². The normalized spacial score (nSPS) is 10.8. The minimum Gasteiger partial charge on any atom is -0.272 e. The van der Waals surface area contributed by atoms with Gasteiger partial charge in [-0.25, -0.2) is 5.43 Å². The third-order valence-electron chi connectivity index (χ3n) is 3.12. The largest absolute Gasteiger partial charge is 0.272 e. The third kappa shape index (κ3) is 5.39. The Hall–Kier alpha value is -3.18. The Labute approximate surface area is 161 Å². The molecule has 0 unspecified atom stereocenters. The summed E-state index contributed by atoms with van der Waals surface area (Å²) >= 11 is 2.61. The van der Waals surface area contributed by atoms with Crippen molar-refractivity contribution in [3.05, 3.63) is 64.3 Å². The van der Waals surface area contributed by atoms with E-state index in [2.05, 4.69) is 25.7 Å².